The van der Waals surface area contributed by atoms with Crippen LogP contribution in [-0.4, -0.2) is 33.2 Å². The van der Waals surface area contributed by atoms with E-state index >= 15 is 0 Å². The maximum Gasteiger partial charge on any atom is 0.230 e. The molecule has 0 bridgehead atoms. The van der Waals surface area contributed by atoms with Gasteiger partial charge in [0.25, 0.3) is 0 Å². The van der Waals surface area contributed by atoms with Crippen molar-refractivity contribution in [2.75, 3.05) is 24.2 Å². The molecular weight excluding hydrogens is 252 g/mol. The minimum absolute atomic E-state index is 0.0187. The molecule has 1 aromatic rings. The van der Waals surface area contributed by atoms with E-state index in [0.29, 0.717) is 18.8 Å². The van der Waals surface area contributed by atoms with Gasteiger partial charge in [-0.3, -0.25) is 4.79 Å². The van der Waals surface area contributed by atoms with Gasteiger partial charge in [0.2, 0.25) is 5.91 Å². The van der Waals surface area contributed by atoms with Crippen molar-refractivity contribution in [3.8, 4) is 0 Å². The standard InChI is InChI=1S/C12H16N2O3S/c1-2-18(16,17)11-6-4-3-5-10(11)14-12(15)9-7-13-8-9/h3-6,9,13H,2,7-8H2,1H3,(H,14,15). The molecule has 5 nitrogen and oxygen atoms in total. The van der Waals surface area contributed by atoms with E-state index < -0.39 is 9.84 Å². The van der Waals surface area contributed by atoms with Crippen molar-refractivity contribution < 1.29 is 13.2 Å². The van der Waals surface area contributed by atoms with Gasteiger partial charge in [-0.05, 0) is 12.1 Å². The summed E-state index contributed by atoms with van der Waals surface area (Å²) in [5.74, 6) is -0.180. The molecule has 18 heavy (non-hydrogen) atoms. The SMILES string of the molecule is CCS(=O)(=O)c1ccccc1NC(=O)C1CNC1. The second kappa shape index (κ2) is 5.07. The molecule has 0 aromatic heterocycles. The van der Waals surface area contributed by atoms with Crippen LogP contribution in [0.4, 0.5) is 5.69 Å². The lowest BCUT2D eigenvalue weighted by Crippen LogP contribution is -2.48. The third kappa shape index (κ3) is 2.54. The van der Waals surface area contributed by atoms with Crippen LogP contribution in [-0.2, 0) is 14.6 Å². The van der Waals surface area contributed by atoms with Gasteiger partial charge in [0.1, 0.15) is 0 Å². The Morgan fingerprint density at radius 3 is 2.61 bits per heavy atom. The van der Waals surface area contributed by atoms with Crippen molar-refractivity contribution in [3.05, 3.63) is 24.3 Å². The van der Waals surface area contributed by atoms with Crippen molar-refractivity contribution >= 4 is 21.4 Å². The molecule has 1 aliphatic heterocycles. The van der Waals surface area contributed by atoms with E-state index in [1.54, 1.807) is 25.1 Å². The molecule has 1 aromatic carbocycles. The highest BCUT2D eigenvalue weighted by Crippen LogP contribution is 2.22. The number of para-hydroxylation sites is 1. The van der Waals surface area contributed by atoms with Crippen LogP contribution in [0.2, 0.25) is 0 Å². The highest BCUT2D eigenvalue weighted by molar-refractivity contribution is 7.91. The first kappa shape index (κ1) is 13.0. The first-order valence-electron chi connectivity index (χ1n) is 5.88. The second-order valence-electron chi connectivity index (χ2n) is 4.24. The van der Waals surface area contributed by atoms with E-state index in [-0.39, 0.29) is 22.5 Å². The number of anilines is 1. The fourth-order valence-corrected chi connectivity index (χ4v) is 2.76. The zero-order valence-electron chi connectivity index (χ0n) is 10.1. The quantitative estimate of drug-likeness (QED) is 0.840. The maximum atomic E-state index is 11.9. The smallest absolute Gasteiger partial charge is 0.230 e. The van der Waals surface area contributed by atoms with Gasteiger partial charge in [0, 0.05) is 13.1 Å². The van der Waals surface area contributed by atoms with Gasteiger partial charge >= 0.3 is 0 Å². The molecule has 1 heterocycles. The normalized spacial score (nSPS) is 16.1. The van der Waals surface area contributed by atoms with Crippen molar-refractivity contribution in [2.45, 2.75) is 11.8 Å². The third-order valence-corrected chi connectivity index (χ3v) is 4.80. The molecule has 0 aliphatic carbocycles. The van der Waals surface area contributed by atoms with E-state index in [2.05, 4.69) is 10.6 Å². The molecule has 6 heteroatoms. The lowest BCUT2D eigenvalue weighted by Gasteiger charge is -2.26. The van der Waals surface area contributed by atoms with Gasteiger partial charge < -0.3 is 10.6 Å². The van der Waals surface area contributed by atoms with E-state index in [4.69, 9.17) is 0 Å². The average Bonchev–Trinajstić information content (AvgIpc) is 2.27. The lowest BCUT2D eigenvalue weighted by atomic mass is 10.0. The first-order valence-corrected chi connectivity index (χ1v) is 7.53. The second-order valence-corrected chi connectivity index (χ2v) is 6.49. The van der Waals surface area contributed by atoms with Gasteiger partial charge in [0.05, 0.1) is 22.3 Å². The topological polar surface area (TPSA) is 75.3 Å². The summed E-state index contributed by atoms with van der Waals surface area (Å²) in [7, 11) is -3.32. The summed E-state index contributed by atoms with van der Waals surface area (Å²) in [4.78, 5) is 12.0. The number of carbonyl (C=O) groups is 1. The van der Waals surface area contributed by atoms with E-state index in [1.165, 1.54) is 6.07 Å². The Morgan fingerprint density at radius 2 is 2.06 bits per heavy atom. The van der Waals surface area contributed by atoms with Crippen LogP contribution < -0.4 is 10.6 Å². The lowest BCUT2D eigenvalue weighted by molar-refractivity contribution is -0.121. The van der Waals surface area contributed by atoms with Crippen LogP contribution in [0.3, 0.4) is 0 Å². The van der Waals surface area contributed by atoms with Crippen molar-refractivity contribution in [1.29, 1.82) is 0 Å². The number of amides is 1. The zero-order chi connectivity index (χ0) is 13.2. The highest BCUT2D eigenvalue weighted by atomic mass is 32.2. The number of nitrogens with one attached hydrogen (secondary N) is 2. The van der Waals surface area contributed by atoms with Gasteiger partial charge in [-0.2, -0.15) is 0 Å². The molecule has 1 amide bonds. The molecule has 1 saturated heterocycles. The fourth-order valence-electron chi connectivity index (χ4n) is 1.71. The highest BCUT2D eigenvalue weighted by Gasteiger charge is 2.26. The predicted molar refractivity (Wildman–Crippen MR) is 69.2 cm³/mol. The molecular formula is C12H16N2O3S. The molecule has 1 aliphatic rings. The molecule has 2 N–H and O–H groups in total. The number of hydrogen-bond donors (Lipinski definition) is 2. The van der Waals surface area contributed by atoms with E-state index in [9.17, 15) is 13.2 Å². The predicted octanol–water partition coefficient (Wildman–Crippen LogP) is 0.638. The monoisotopic (exact) mass is 268 g/mol. The molecule has 98 valence electrons. The van der Waals surface area contributed by atoms with Crippen LogP contribution in [0, 0.1) is 5.92 Å². The Balaban J connectivity index is 2.25. The summed E-state index contributed by atoms with van der Waals surface area (Å²) in [6.45, 7) is 2.88. The number of carbonyl (C=O) groups excluding carboxylic acids is 1. The van der Waals surface area contributed by atoms with Crippen molar-refractivity contribution in [3.63, 3.8) is 0 Å². The molecule has 0 saturated carbocycles. The summed E-state index contributed by atoms with van der Waals surface area (Å²) in [5, 5.41) is 5.70. The van der Waals surface area contributed by atoms with Crippen LogP contribution in [0.5, 0.6) is 0 Å². The molecule has 0 atom stereocenters. The van der Waals surface area contributed by atoms with Crippen LogP contribution in [0.1, 0.15) is 6.92 Å². The Hall–Kier alpha value is -1.40. The first-order chi connectivity index (χ1) is 8.54. The molecule has 2 rings (SSSR count). The van der Waals surface area contributed by atoms with Crippen LogP contribution in [0.25, 0.3) is 0 Å². The number of sulfone groups is 1. The molecule has 0 radical (unpaired) electrons. The summed E-state index contributed by atoms with van der Waals surface area (Å²) >= 11 is 0. The molecule has 0 spiro atoms. The fraction of sp³-hybridized carbons (Fsp3) is 0.417. The largest absolute Gasteiger partial charge is 0.325 e. The summed E-state index contributed by atoms with van der Waals surface area (Å²) in [5.41, 5.74) is 0.372. The van der Waals surface area contributed by atoms with Gasteiger partial charge in [0.15, 0.2) is 9.84 Å². The Kier molecular flexibility index (Phi) is 3.68. The Bertz CT molecular complexity index is 550. The maximum absolute atomic E-state index is 11.9. The van der Waals surface area contributed by atoms with Crippen LogP contribution in [0.15, 0.2) is 29.2 Å². The van der Waals surface area contributed by atoms with E-state index in [1.807, 2.05) is 0 Å². The Labute approximate surface area is 107 Å². The third-order valence-electron chi connectivity index (χ3n) is 3.01. The minimum Gasteiger partial charge on any atom is -0.325 e. The van der Waals surface area contributed by atoms with Gasteiger partial charge in [-0.1, -0.05) is 19.1 Å². The molecule has 1 fully saturated rings. The van der Waals surface area contributed by atoms with Crippen LogP contribution >= 0.6 is 0 Å². The average molecular weight is 268 g/mol. The molecule has 0 unspecified atom stereocenters. The van der Waals surface area contributed by atoms with Crippen molar-refractivity contribution in [1.82, 2.24) is 5.32 Å². The summed E-state index contributed by atoms with van der Waals surface area (Å²) in [6, 6.07) is 6.51. The zero-order valence-corrected chi connectivity index (χ0v) is 11.0. The van der Waals surface area contributed by atoms with Gasteiger partial charge in [-0.25, -0.2) is 8.42 Å². The number of benzene rings is 1. The number of hydrogen-bond acceptors (Lipinski definition) is 4. The van der Waals surface area contributed by atoms with Gasteiger partial charge in [-0.15, -0.1) is 0 Å². The number of rotatable bonds is 4. The minimum atomic E-state index is -3.32. The Morgan fingerprint density at radius 1 is 1.39 bits per heavy atom. The van der Waals surface area contributed by atoms with E-state index in [0.717, 1.165) is 0 Å². The summed E-state index contributed by atoms with van der Waals surface area (Å²) in [6.07, 6.45) is 0. The summed E-state index contributed by atoms with van der Waals surface area (Å²) < 4.78 is 23.8. The van der Waals surface area contributed by atoms with Crippen molar-refractivity contribution in [2.24, 2.45) is 5.92 Å².